The first kappa shape index (κ1) is 16.8. The van der Waals surface area contributed by atoms with E-state index in [2.05, 4.69) is 42.9 Å². The molecule has 1 unspecified atom stereocenters. The van der Waals surface area contributed by atoms with Gasteiger partial charge in [-0.3, -0.25) is 4.90 Å². The summed E-state index contributed by atoms with van der Waals surface area (Å²) in [6.45, 7) is 10.4. The third-order valence-corrected chi connectivity index (χ3v) is 4.02. The lowest BCUT2D eigenvalue weighted by Gasteiger charge is -2.34. The molecule has 0 bridgehead atoms. The van der Waals surface area contributed by atoms with Gasteiger partial charge >= 0.3 is 0 Å². The number of rotatable bonds is 4. The number of terminal acetylenes is 1. The first-order valence-corrected chi connectivity index (χ1v) is 8.01. The lowest BCUT2D eigenvalue weighted by Crippen LogP contribution is -2.40. The number of hydrogen-bond donors (Lipinski definition) is 0. The van der Waals surface area contributed by atoms with Crippen LogP contribution < -0.4 is 0 Å². The van der Waals surface area contributed by atoms with Gasteiger partial charge in [0.2, 0.25) is 0 Å². The molecule has 1 aliphatic carbocycles. The number of fused-ring (bicyclic) bond motifs is 1. The Morgan fingerprint density at radius 3 is 2.75 bits per heavy atom. The molecule has 0 spiro atoms. The molecular weight excluding hydrogens is 242 g/mol. The lowest BCUT2D eigenvalue weighted by molar-refractivity contribution is 0.202. The van der Waals surface area contributed by atoms with Crippen molar-refractivity contribution >= 4 is 0 Å². The molecule has 1 heteroatoms. The highest BCUT2D eigenvalue weighted by molar-refractivity contribution is 5.37. The molecule has 20 heavy (non-hydrogen) atoms. The molecule has 0 N–H and O–H groups in total. The van der Waals surface area contributed by atoms with Crippen LogP contribution in [0.1, 0.15) is 50.3 Å². The van der Waals surface area contributed by atoms with Gasteiger partial charge in [0.05, 0.1) is 6.54 Å². The monoisotopic (exact) mass is 271 g/mol. The number of nitrogens with zero attached hydrogens (tertiary/aromatic N) is 1. The topological polar surface area (TPSA) is 3.24 Å². The molecule has 0 fully saturated rings. The SMILES string of the molecule is C#CCN(CCC)C1CCc2cccc(C)c2C1.CC. The Hall–Kier alpha value is -1.26. The van der Waals surface area contributed by atoms with Crippen LogP contribution >= 0.6 is 0 Å². The standard InChI is InChI=1S/C17H23N.C2H6/c1-4-11-18(12-5-2)16-10-9-15-8-6-7-14(3)17(15)13-16;1-2/h1,6-8,16H,5,9-13H2,2-3H3;1-2H3. The van der Waals surface area contributed by atoms with Gasteiger partial charge in [-0.2, -0.15) is 0 Å². The summed E-state index contributed by atoms with van der Waals surface area (Å²) in [4.78, 5) is 2.48. The van der Waals surface area contributed by atoms with Crippen LogP contribution in [-0.2, 0) is 12.8 Å². The zero-order valence-electron chi connectivity index (χ0n) is 13.6. The fraction of sp³-hybridized carbons (Fsp3) is 0.579. The number of hydrogen-bond acceptors (Lipinski definition) is 1. The van der Waals surface area contributed by atoms with E-state index in [1.807, 2.05) is 13.8 Å². The molecule has 0 amide bonds. The summed E-state index contributed by atoms with van der Waals surface area (Å²) in [5, 5.41) is 0. The molecule has 0 heterocycles. The smallest absolute Gasteiger partial charge is 0.0601 e. The van der Waals surface area contributed by atoms with E-state index in [1.54, 1.807) is 11.1 Å². The molecule has 1 atom stereocenters. The maximum Gasteiger partial charge on any atom is 0.0601 e. The van der Waals surface area contributed by atoms with E-state index in [9.17, 15) is 0 Å². The van der Waals surface area contributed by atoms with E-state index in [1.165, 1.54) is 31.2 Å². The highest BCUT2D eigenvalue weighted by Crippen LogP contribution is 2.27. The molecule has 1 aromatic carbocycles. The van der Waals surface area contributed by atoms with Crippen LogP contribution in [0.2, 0.25) is 0 Å². The molecule has 1 nitrogen and oxygen atoms in total. The van der Waals surface area contributed by atoms with Gasteiger partial charge in [0.15, 0.2) is 0 Å². The highest BCUT2D eigenvalue weighted by atomic mass is 15.1. The summed E-state index contributed by atoms with van der Waals surface area (Å²) in [5.74, 6) is 2.81. The van der Waals surface area contributed by atoms with Crippen molar-refractivity contribution in [1.29, 1.82) is 0 Å². The van der Waals surface area contributed by atoms with Gasteiger partial charge in [0, 0.05) is 6.04 Å². The van der Waals surface area contributed by atoms with Gasteiger partial charge in [-0.15, -0.1) is 6.42 Å². The molecule has 1 aromatic rings. The first-order chi connectivity index (χ1) is 9.76. The molecule has 0 saturated heterocycles. The van der Waals surface area contributed by atoms with Crippen molar-refractivity contribution in [3.8, 4) is 12.3 Å². The largest absolute Gasteiger partial charge is 0.289 e. The molecule has 2 rings (SSSR count). The van der Waals surface area contributed by atoms with E-state index < -0.39 is 0 Å². The van der Waals surface area contributed by atoms with E-state index in [0.29, 0.717) is 6.04 Å². The molecule has 1 aliphatic rings. The highest BCUT2D eigenvalue weighted by Gasteiger charge is 2.24. The van der Waals surface area contributed by atoms with Crippen LogP contribution in [0.25, 0.3) is 0 Å². The summed E-state index contributed by atoms with van der Waals surface area (Å²) in [5.41, 5.74) is 4.55. The average molecular weight is 271 g/mol. The van der Waals surface area contributed by atoms with Gasteiger partial charge in [0.25, 0.3) is 0 Å². The van der Waals surface area contributed by atoms with Crippen molar-refractivity contribution in [2.24, 2.45) is 0 Å². The second-order valence-electron chi connectivity index (χ2n) is 5.28. The Labute approximate surface area is 125 Å². The van der Waals surface area contributed by atoms with Crippen molar-refractivity contribution in [1.82, 2.24) is 4.90 Å². The van der Waals surface area contributed by atoms with Crippen LogP contribution in [-0.4, -0.2) is 24.0 Å². The zero-order valence-corrected chi connectivity index (χ0v) is 13.6. The van der Waals surface area contributed by atoms with Crippen molar-refractivity contribution in [2.45, 2.75) is 59.4 Å². The molecular formula is C19H29N. The third kappa shape index (κ3) is 4.12. The molecule has 0 aliphatic heterocycles. The second-order valence-corrected chi connectivity index (χ2v) is 5.28. The Morgan fingerprint density at radius 1 is 1.35 bits per heavy atom. The van der Waals surface area contributed by atoms with Crippen LogP contribution in [0.3, 0.4) is 0 Å². The van der Waals surface area contributed by atoms with Crippen molar-refractivity contribution in [3.63, 3.8) is 0 Å². The van der Waals surface area contributed by atoms with Gasteiger partial charge < -0.3 is 0 Å². The summed E-state index contributed by atoms with van der Waals surface area (Å²) in [6, 6.07) is 7.32. The maximum absolute atomic E-state index is 5.50. The number of aryl methyl sites for hydroxylation is 2. The summed E-state index contributed by atoms with van der Waals surface area (Å²) >= 11 is 0. The molecule has 110 valence electrons. The Bertz CT molecular complexity index is 442. The predicted molar refractivity (Wildman–Crippen MR) is 89.0 cm³/mol. The van der Waals surface area contributed by atoms with Crippen LogP contribution in [0.15, 0.2) is 18.2 Å². The fourth-order valence-corrected chi connectivity index (χ4v) is 3.06. The lowest BCUT2D eigenvalue weighted by atomic mass is 9.85. The number of benzene rings is 1. The second kappa shape index (κ2) is 8.82. The normalized spacial score (nSPS) is 16.9. The maximum atomic E-state index is 5.50. The van der Waals surface area contributed by atoms with Crippen LogP contribution in [0.5, 0.6) is 0 Å². The molecule has 0 aromatic heterocycles. The van der Waals surface area contributed by atoms with E-state index >= 15 is 0 Å². The Balaban J connectivity index is 0.000000956. The molecule has 0 radical (unpaired) electrons. The van der Waals surface area contributed by atoms with E-state index in [4.69, 9.17) is 6.42 Å². The van der Waals surface area contributed by atoms with Crippen molar-refractivity contribution < 1.29 is 0 Å². The van der Waals surface area contributed by atoms with E-state index in [0.717, 1.165) is 13.1 Å². The summed E-state index contributed by atoms with van der Waals surface area (Å²) < 4.78 is 0. The summed E-state index contributed by atoms with van der Waals surface area (Å²) in [7, 11) is 0. The Morgan fingerprint density at radius 2 is 2.10 bits per heavy atom. The van der Waals surface area contributed by atoms with Crippen LogP contribution in [0, 0.1) is 19.3 Å². The fourth-order valence-electron chi connectivity index (χ4n) is 3.06. The predicted octanol–water partition coefficient (Wildman–Crippen LogP) is 4.22. The van der Waals surface area contributed by atoms with Crippen molar-refractivity contribution in [3.05, 3.63) is 34.9 Å². The quantitative estimate of drug-likeness (QED) is 0.741. The average Bonchev–Trinajstić information content (AvgIpc) is 2.49. The Kier molecular flexibility index (Phi) is 7.41. The van der Waals surface area contributed by atoms with Gasteiger partial charge in [-0.05, 0) is 55.8 Å². The zero-order chi connectivity index (χ0) is 15.0. The van der Waals surface area contributed by atoms with Gasteiger partial charge in [0.1, 0.15) is 0 Å². The first-order valence-electron chi connectivity index (χ1n) is 8.01. The van der Waals surface area contributed by atoms with Crippen LogP contribution in [0.4, 0.5) is 0 Å². The third-order valence-electron chi connectivity index (χ3n) is 4.02. The minimum absolute atomic E-state index is 0.634. The van der Waals surface area contributed by atoms with Gasteiger partial charge in [-0.1, -0.05) is 44.9 Å². The van der Waals surface area contributed by atoms with Crippen molar-refractivity contribution in [2.75, 3.05) is 13.1 Å². The minimum Gasteiger partial charge on any atom is -0.289 e. The minimum atomic E-state index is 0.634. The van der Waals surface area contributed by atoms with E-state index in [-0.39, 0.29) is 0 Å². The summed E-state index contributed by atoms with van der Waals surface area (Å²) in [6.07, 6.45) is 10.3. The van der Waals surface area contributed by atoms with Gasteiger partial charge in [-0.25, -0.2) is 0 Å². The molecule has 0 saturated carbocycles.